The van der Waals surface area contributed by atoms with Crippen molar-refractivity contribution in [3.63, 3.8) is 0 Å². The van der Waals surface area contributed by atoms with Gasteiger partial charge in [-0.25, -0.2) is 9.79 Å². The largest absolute Gasteiger partial charge is 0.493 e. The third kappa shape index (κ3) is 5.98. The Hall–Kier alpha value is -5.03. The second-order valence-corrected chi connectivity index (χ2v) is 10.8. The van der Waals surface area contributed by atoms with Crippen LogP contribution in [-0.2, 0) is 16.1 Å². The number of benzene rings is 3. The lowest BCUT2D eigenvalue weighted by molar-refractivity contribution is -0.385. The fourth-order valence-corrected chi connectivity index (χ4v) is 5.93. The van der Waals surface area contributed by atoms with Crippen LogP contribution in [0.25, 0.3) is 6.08 Å². The normalized spacial score (nSPS) is 14.6. The fraction of sp³-hybridized carbons (Fsp3) is 0.219. The molecule has 0 bridgehead atoms. The van der Waals surface area contributed by atoms with Crippen molar-refractivity contribution in [3.05, 3.63) is 130 Å². The number of fused-ring (bicyclic) bond motifs is 1. The predicted molar refractivity (Wildman–Crippen MR) is 162 cm³/mol. The van der Waals surface area contributed by atoms with E-state index in [1.807, 2.05) is 36.4 Å². The van der Waals surface area contributed by atoms with E-state index >= 15 is 0 Å². The van der Waals surface area contributed by atoms with Gasteiger partial charge in [0, 0.05) is 11.6 Å². The molecule has 1 aliphatic heterocycles. The molecule has 220 valence electrons. The van der Waals surface area contributed by atoms with Gasteiger partial charge in [0.15, 0.2) is 16.3 Å². The van der Waals surface area contributed by atoms with Crippen LogP contribution in [0.15, 0.2) is 87.8 Å². The number of nitrogens with zero attached hydrogens (tertiary/aromatic N) is 3. The highest BCUT2D eigenvalue weighted by Gasteiger charge is 2.34. The minimum absolute atomic E-state index is 0.112. The molecule has 1 atom stereocenters. The minimum Gasteiger partial charge on any atom is -0.493 e. The average Bonchev–Trinajstić information content (AvgIpc) is 3.30. The third-order valence-electron chi connectivity index (χ3n) is 6.99. The van der Waals surface area contributed by atoms with E-state index in [1.54, 1.807) is 58.2 Å². The van der Waals surface area contributed by atoms with Gasteiger partial charge >= 0.3 is 5.97 Å². The molecule has 43 heavy (non-hydrogen) atoms. The first kappa shape index (κ1) is 29.5. The molecule has 0 fully saturated rings. The number of nitro groups is 1. The van der Waals surface area contributed by atoms with Crippen LogP contribution in [0.5, 0.6) is 11.5 Å². The Kier molecular flexibility index (Phi) is 8.53. The highest BCUT2D eigenvalue weighted by molar-refractivity contribution is 7.07. The Morgan fingerprint density at radius 3 is 2.56 bits per heavy atom. The molecule has 0 saturated carbocycles. The molecule has 0 radical (unpaired) electrons. The third-order valence-corrected chi connectivity index (χ3v) is 7.97. The number of rotatable bonds is 9. The topological polar surface area (TPSA) is 122 Å². The molecule has 0 amide bonds. The van der Waals surface area contributed by atoms with Gasteiger partial charge in [-0.15, -0.1) is 0 Å². The van der Waals surface area contributed by atoms with Gasteiger partial charge in [0.05, 0.1) is 40.5 Å². The van der Waals surface area contributed by atoms with Crippen LogP contribution < -0.4 is 24.4 Å². The molecule has 1 aromatic heterocycles. The van der Waals surface area contributed by atoms with E-state index in [0.717, 1.165) is 16.9 Å². The summed E-state index contributed by atoms with van der Waals surface area (Å²) in [5, 5.41) is 11.7. The maximum absolute atomic E-state index is 13.9. The lowest BCUT2D eigenvalue weighted by atomic mass is 9.94. The summed E-state index contributed by atoms with van der Waals surface area (Å²) < 4.78 is 18.6. The predicted octanol–water partition coefficient (Wildman–Crippen LogP) is 4.60. The van der Waals surface area contributed by atoms with Gasteiger partial charge in [-0.05, 0) is 55.7 Å². The van der Waals surface area contributed by atoms with Crippen molar-refractivity contribution in [2.75, 3.05) is 13.7 Å². The Bertz CT molecular complexity index is 1930. The monoisotopic (exact) mass is 599 g/mol. The minimum atomic E-state index is -0.958. The Labute approximate surface area is 251 Å². The van der Waals surface area contributed by atoms with Gasteiger partial charge in [0.2, 0.25) is 0 Å². The molecular formula is C32H29N3O7S. The number of thiazole rings is 1. The Morgan fingerprint density at radius 2 is 1.86 bits per heavy atom. The second-order valence-electron chi connectivity index (χ2n) is 9.79. The summed E-state index contributed by atoms with van der Waals surface area (Å²) in [5.74, 6) is 0.422. The number of allylic oxidation sites excluding steroid dienone is 1. The summed E-state index contributed by atoms with van der Waals surface area (Å²) in [7, 11) is 1.54. The maximum atomic E-state index is 13.9. The summed E-state index contributed by atoms with van der Waals surface area (Å²) in [6.45, 7) is 5.47. The summed E-state index contributed by atoms with van der Waals surface area (Å²) >= 11 is 1.16. The second kappa shape index (κ2) is 12.5. The molecule has 5 rings (SSSR count). The SMILES string of the molecule is CCOC(=O)C1=C(C)N=c2s/c(=C/c3ccc(OCc4ccccc4)c(OC)c3)c(=O)n2[C@@H]1c1ccc(C)c([N+](=O)[O-])c1. The first-order valence-electron chi connectivity index (χ1n) is 13.5. The van der Waals surface area contributed by atoms with Crippen LogP contribution in [0.3, 0.4) is 0 Å². The van der Waals surface area contributed by atoms with Crippen molar-refractivity contribution in [3.8, 4) is 11.5 Å². The quantitative estimate of drug-likeness (QED) is 0.157. The standard InChI is InChI=1S/C32H29N3O7S/c1-5-41-31(37)28-20(3)33-32-34(29(28)23-13-11-19(2)24(17-23)35(38)39)30(36)27(43-32)16-22-12-14-25(26(15-22)40-4)42-18-21-9-7-6-8-10-21/h6-17,29H,5,18H2,1-4H3/b27-16+/t29-/m1/s1. The zero-order chi connectivity index (χ0) is 30.7. The van der Waals surface area contributed by atoms with Crippen molar-refractivity contribution >= 4 is 29.1 Å². The number of hydrogen-bond acceptors (Lipinski definition) is 9. The smallest absolute Gasteiger partial charge is 0.338 e. The molecule has 0 spiro atoms. The maximum Gasteiger partial charge on any atom is 0.338 e. The van der Waals surface area contributed by atoms with Crippen molar-refractivity contribution < 1.29 is 23.9 Å². The number of methoxy groups -OCH3 is 1. The van der Waals surface area contributed by atoms with E-state index in [4.69, 9.17) is 14.2 Å². The van der Waals surface area contributed by atoms with Gasteiger partial charge in [0.1, 0.15) is 6.61 Å². The van der Waals surface area contributed by atoms with Crippen LogP contribution in [0.4, 0.5) is 5.69 Å². The van der Waals surface area contributed by atoms with Gasteiger partial charge in [-0.3, -0.25) is 19.5 Å². The van der Waals surface area contributed by atoms with E-state index in [-0.39, 0.29) is 17.9 Å². The summed E-state index contributed by atoms with van der Waals surface area (Å²) in [6, 6.07) is 18.9. The first-order valence-corrected chi connectivity index (χ1v) is 14.3. The van der Waals surface area contributed by atoms with Crippen molar-refractivity contribution in [2.24, 2.45) is 4.99 Å². The van der Waals surface area contributed by atoms with E-state index in [9.17, 15) is 19.7 Å². The molecule has 10 nitrogen and oxygen atoms in total. The molecule has 1 aliphatic rings. The van der Waals surface area contributed by atoms with Crippen molar-refractivity contribution in [1.29, 1.82) is 0 Å². The molecule has 0 aliphatic carbocycles. The summed E-state index contributed by atoms with van der Waals surface area (Å²) in [4.78, 5) is 43.2. The number of nitro benzene ring substituents is 1. The van der Waals surface area contributed by atoms with Crippen molar-refractivity contribution in [2.45, 2.75) is 33.4 Å². The van der Waals surface area contributed by atoms with E-state index < -0.39 is 22.5 Å². The number of aromatic nitrogens is 1. The molecule has 3 aromatic carbocycles. The van der Waals surface area contributed by atoms with Crippen LogP contribution in [0.2, 0.25) is 0 Å². The van der Waals surface area contributed by atoms with E-state index in [1.165, 1.54) is 10.6 Å². The molecule has 0 saturated heterocycles. The molecular weight excluding hydrogens is 570 g/mol. The van der Waals surface area contributed by atoms with E-state index in [2.05, 4.69) is 4.99 Å². The Morgan fingerprint density at radius 1 is 1.09 bits per heavy atom. The lowest BCUT2D eigenvalue weighted by Crippen LogP contribution is -2.40. The number of aryl methyl sites for hydroxylation is 1. The van der Waals surface area contributed by atoms with Gasteiger partial charge < -0.3 is 14.2 Å². The highest BCUT2D eigenvalue weighted by atomic mass is 32.1. The molecule has 4 aromatic rings. The number of hydrogen-bond donors (Lipinski definition) is 0. The van der Waals surface area contributed by atoms with Crippen LogP contribution in [0.1, 0.15) is 42.1 Å². The summed E-state index contributed by atoms with van der Waals surface area (Å²) in [5.41, 5.74) is 2.60. The van der Waals surface area contributed by atoms with Gasteiger partial charge in [-0.1, -0.05) is 59.9 Å². The van der Waals surface area contributed by atoms with Gasteiger partial charge in [-0.2, -0.15) is 0 Å². The zero-order valence-corrected chi connectivity index (χ0v) is 24.8. The van der Waals surface area contributed by atoms with Gasteiger partial charge in [0.25, 0.3) is 11.2 Å². The zero-order valence-electron chi connectivity index (χ0n) is 24.0. The highest BCUT2D eigenvalue weighted by Crippen LogP contribution is 2.34. The first-order chi connectivity index (χ1) is 20.7. The summed E-state index contributed by atoms with van der Waals surface area (Å²) in [6.07, 6.45) is 1.71. The van der Waals surface area contributed by atoms with Crippen LogP contribution >= 0.6 is 11.3 Å². The van der Waals surface area contributed by atoms with Crippen LogP contribution in [0, 0.1) is 17.0 Å². The number of ether oxygens (including phenoxy) is 3. The Balaban J connectivity index is 1.59. The fourth-order valence-electron chi connectivity index (χ4n) is 4.88. The van der Waals surface area contributed by atoms with E-state index in [0.29, 0.717) is 49.8 Å². The number of carbonyl (C=O) groups excluding carboxylic acids is 1. The lowest BCUT2D eigenvalue weighted by Gasteiger charge is -2.24. The molecule has 11 heteroatoms. The molecule has 2 heterocycles. The van der Waals surface area contributed by atoms with Crippen molar-refractivity contribution in [1.82, 2.24) is 4.57 Å². The molecule has 0 N–H and O–H groups in total. The number of carbonyl (C=O) groups is 1. The van der Waals surface area contributed by atoms with Crippen LogP contribution in [-0.4, -0.2) is 29.2 Å². The molecule has 0 unspecified atom stereocenters. The average molecular weight is 600 g/mol. The number of esters is 1.